The minimum Gasteiger partial charge on any atom is -0.0654 e. The summed E-state index contributed by atoms with van der Waals surface area (Å²) in [4.78, 5) is 0. The molecule has 0 aromatic rings. The lowest BCUT2D eigenvalue weighted by Gasteiger charge is -1.98. The van der Waals surface area contributed by atoms with Gasteiger partial charge < -0.3 is 0 Å². The van der Waals surface area contributed by atoms with Crippen molar-refractivity contribution in [3.63, 3.8) is 0 Å². The Balaban J connectivity index is -0.0000000929. The number of unbranched alkanes of at least 4 members (excludes halogenated alkanes) is 3. The van der Waals surface area contributed by atoms with E-state index in [9.17, 15) is 0 Å². The van der Waals surface area contributed by atoms with Gasteiger partial charge in [0.25, 0.3) is 0 Å². The maximum atomic E-state index is 2.28. The average molecular weight is 303 g/mol. The predicted molar refractivity (Wildman–Crippen MR) is 105 cm³/mol. The maximum Gasteiger partial charge on any atom is -0.0448 e. The van der Waals surface area contributed by atoms with Crippen LogP contribution >= 0.6 is 0 Å². The molecule has 0 aromatic heterocycles. The highest BCUT2D eigenvalue weighted by molar-refractivity contribution is 4.41. The first-order valence-corrected chi connectivity index (χ1v) is 9.91. The summed E-state index contributed by atoms with van der Waals surface area (Å²) < 4.78 is 0. The molecule has 0 atom stereocenters. The minimum absolute atomic E-state index is 0.898. The van der Waals surface area contributed by atoms with Gasteiger partial charge in [-0.25, -0.2) is 0 Å². The van der Waals surface area contributed by atoms with Gasteiger partial charge in [-0.15, -0.1) is 0 Å². The molecule has 0 N–H and O–H groups in total. The van der Waals surface area contributed by atoms with E-state index in [1.165, 1.54) is 57.8 Å². The first-order chi connectivity index (χ1) is 9.91. The van der Waals surface area contributed by atoms with Gasteiger partial charge >= 0.3 is 0 Å². The highest BCUT2D eigenvalue weighted by atomic mass is 13.9. The van der Waals surface area contributed by atoms with E-state index in [0.29, 0.717) is 0 Å². The van der Waals surface area contributed by atoms with Crippen LogP contribution in [0.15, 0.2) is 0 Å². The largest absolute Gasteiger partial charge is 0.0654 e. The third-order valence-corrected chi connectivity index (χ3v) is 3.47. The Kier molecular flexibility index (Phi) is 44.4. The van der Waals surface area contributed by atoms with Crippen molar-refractivity contribution in [2.75, 3.05) is 0 Å². The molecular weight excluding hydrogens is 252 g/mol. The van der Waals surface area contributed by atoms with Crippen molar-refractivity contribution in [2.24, 2.45) is 11.8 Å². The van der Waals surface area contributed by atoms with E-state index in [1.54, 1.807) is 0 Å². The molecule has 0 nitrogen and oxygen atoms in total. The summed E-state index contributed by atoms with van der Waals surface area (Å²) in [6.07, 6.45) is 12.1. The van der Waals surface area contributed by atoms with Crippen molar-refractivity contribution in [3.05, 3.63) is 0 Å². The van der Waals surface area contributed by atoms with Crippen LogP contribution in [0.3, 0.4) is 0 Å². The van der Waals surface area contributed by atoms with Crippen LogP contribution in [-0.4, -0.2) is 0 Å². The van der Waals surface area contributed by atoms with Crippen molar-refractivity contribution in [2.45, 2.75) is 127 Å². The highest BCUT2D eigenvalue weighted by Gasteiger charge is 1.88. The molecule has 0 unspecified atom stereocenters. The summed E-state index contributed by atoms with van der Waals surface area (Å²) in [5.41, 5.74) is 0. The molecule has 0 saturated heterocycles. The molecule has 134 valence electrons. The van der Waals surface area contributed by atoms with Gasteiger partial charge in [0, 0.05) is 0 Å². The fourth-order valence-electron chi connectivity index (χ4n) is 1.22. The first-order valence-electron chi connectivity index (χ1n) is 9.91. The molecule has 21 heavy (non-hydrogen) atoms. The monoisotopic (exact) mass is 302 g/mol. The summed E-state index contributed by atoms with van der Waals surface area (Å²) in [7, 11) is 0. The summed E-state index contributed by atoms with van der Waals surface area (Å²) >= 11 is 0. The fraction of sp³-hybridized carbons (Fsp3) is 1.00. The summed E-state index contributed by atoms with van der Waals surface area (Å²) in [5.74, 6) is 1.83. The lowest BCUT2D eigenvalue weighted by Crippen LogP contribution is -1.85. The van der Waals surface area contributed by atoms with E-state index in [4.69, 9.17) is 0 Å². The zero-order valence-corrected chi connectivity index (χ0v) is 17.5. The molecule has 0 saturated carbocycles. The molecule has 0 amide bonds. The van der Waals surface area contributed by atoms with Crippen LogP contribution in [0, 0.1) is 11.8 Å². The minimum atomic E-state index is 0.898. The fourth-order valence-corrected chi connectivity index (χ4v) is 1.22. The number of hydrogen-bond acceptors (Lipinski definition) is 0. The second kappa shape index (κ2) is 32.1. The predicted octanol–water partition coefficient (Wildman–Crippen LogP) is 8.89. The average Bonchev–Trinajstić information content (AvgIpc) is 2.48. The van der Waals surface area contributed by atoms with Crippen LogP contribution in [0.25, 0.3) is 0 Å². The molecule has 0 bridgehead atoms. The molecule has 0 heteroatoms. The first kappa shape index (κ1) is 29.1. The van der Waals surface area contributed by atoms with Crippen LogP contribution in [-0.2, 0) is 0 Å². The molecule has 0 aliphatic rings. The number of hydrogen-bond donors (Lipinski definition) is 0. The van der Waals surface area contributed by atoms with Gasteiger partial charge in [0.05, 0.1) is 0 Å². The topological polar surface area (TPSA) is 0 Å². The molecule has 0 heterocycles. The van der Waals surface area contributed by atoms with Crippen molar-refractivity contribution < 1.29 is 0 Å². The van der Waals surface area contributed by atoms with Gasteiger partial charge in [-0.3, -0.25) is 0 Å². The standard InChI is InChI=1S/2C6H14.C5H12.C4H10/c1-4-5-6(2)3;1-4-6(3)5-2;1-3-5-4-2;1-3-4-2/h2*6H,4-5H2,1-3H3;3-5H2,1-2H3;3-4H2,1-2H3. The molecule has 0 aliphatic carbocycles. The van der Waals surface area contributed by atoms with Gasteiger partial charge in [-0.05, 0) is 11.8 Å². The lowest BCUT2D eigenvalue weighted by atomic mass is 10.1. The van der Waals surface area contributed by atoms with E-state index < -0.39 is 0 Å². The summed E-state index contributed by atoms with van der Waals surface area (Å²) in [5, 5.41) is 0. The molecular formula is C21H50. The van der Waals surface area contributed by atoms with Gasteiger partial charge in [0.15, 0.2) is 0 Å². The van der Waals surface area contributed by atoms with Crippen LogP contribution in [0.1, 0.15) is 127 Å². The molecule has 0 radical (unpaired) electrons. The van der Waals surface area contributed by atoms with Gasteiger partial charge in [0.2, 0.25) is 0 Å². The van der Waals surface area contributed by atoms with Crippen LogP contribution in [0.4, 0.5) is 0 Å². The molecule has 0 fully saturated rings. The normalized spacial score (nSPS) is 9.14. The van der Waals surface area contributed by atoms with E-state index >= 15 is 0 Å². The van der Waals surface area contributed by atoms with E-state index in [2.05, 4.69) is 69.2 Å². The summed E-state index contributed by atoms with van der Waals surface area (Å²) in [6, 6.07) is 0. The highest BCUT2D eigenvalue weighted by Crippen LogP contribution is 2.02. The second-order valence-corrected chi connectivity index (χ2v) is 6.46. The van der Waals surface area contributed by atoms with Crippen LogP contribution < -0.4 is 0 Å². The van der Waals surface area contributed by atoms with Gasteiger partial charge in [0.1, 0.15) is 0 Å². The molecule has 0 spiro atoms. The maximum absolute atomic E-state index is 2.28. The Morgan fingerprint density at radius 1 is 0.524 bits per heavy atom. The molecule has 0 rings (SSSR count). The zero-order valence-electron chi connectivity index (χ0n) is 17.5. The van der Waals surface area contributed by atoms with Crippen molar-refractivity contribution in [3.8, 4) is 0 Å². The SMILES string of the molecule is CCC(C)CC.CCCC.CCCC(C)C.CCCCC. The Bertz CT molecular complexity index is 107. The van der Waals surface area contributed by atoms with Gasteiger partial charge in [-0.1, -0.05) is 127 Å². The smallest absolute Gasteiger partial charge is 0.0448 e. The van der Waals surface area contributed by atoms with E-state index in [-0.39, 0.29) is 0 Å². The Labute approximate surface area is 139 Å². The third kappa shape index (κ3) is 64.8. The molecule has 0 aliphatic heterocycles. The quantitative estimate of drug-likeness (QED) is 0.440. The van der Waals surface area contributed by atoms with E-state index in [1.807, 2.05) is 0 Å². The van der Waals surface area contributed by atoms with Crippen molar-refractivity contribution in [1.82, 2.24) is 0 Å². The summed E-state index contributed by atoms with van der Waals surface area (Å²) in [6.45, 7) is 22.3. The van der Waals surface area contributed by atoms with Crippen molar-refractivity contribution >= 4 is 0 Å². The van der Waals surface area contributed by atoms with E-state index in [0.717, 1.165) is 11.8 Å². The molecule has 0 aromatic carbocycles. The zero-order chi connectivity index (χ0) is 17.5. The second-order valence-electron chi connectivity index (χ2n) is 6.46. The lowest BCUT2D eigenvalue weighted by molar-refractivity contribution is 0.544. The van der Waals surface area contributed by atoms with Crippen LogP contribution in [0.5, 0.6) is 0 Å². The van der Waals surface area contributed by atoms with Crippen LogP contribution in [0.2, 0.25) is 0 Å². The Morgan fingerprint density at radius 3 is 0.905 bits per heavy atom. The van der Waals surface area contributed by atoms with Crippen molar-refractivity contribution in [1.29, 1.82) is 0 Å². The third-order valence-electron chi connectivity index (χ3n) is 3.47. The van der Waals surface area contributed by atoms with Gasteiger partial charge in [-0.2, -0.15) is 0 Å². The number of rotatable bonds is 7. The Hall–Kier alpha value is 0. The Morgan fingerprint density at radius 2 is 0.905 bits per heavy atom.